The van der Waals surface area contributed by atoms with Gasteiger partial charge in [0.15, 0.2) is 5.65 Å². The number of nitrogens with zero attached hydrogens (tertiary/aromatic N) is 3. The summed E-state index contributed by atoms with van der Waals surface area (Å²) in [6, 6.07) is 8.94. The maximum absolute atomic E-state index is 12.8. The quantitative estimate of drug-likeness (QED) is 0.643. The van der Waals surface area contributed by atoms with Gasteiger partial charge in [0.05, 0.1) is 30.5 Å². The van der Waals surface area contributed by atoms with E-state index in [-0.39, 0.29) is 23.8 Å². The Kier molecular flexibility index (Phi) is 5.53. The Bertz CT molecular complexity index is 1160. The van der Waals surface area contributed by atoms with Crippen molar-refractivity contribution >= 4 is 28.7 Å². The molecule has 0 unspecified atom stereocenters. The third-order valence-electron chi connectivity index (χ3n) is 5.17. The molecule has 9 heteroatoms. The van der Waals surface area contributed by atoms with Crippen LogP contribution in [-0.2, 0) is 9.47 Å². The molecule has 0 bridgehead atoms. The number of amides is 1. The highest BCUT2D eigenvalue weighted by atomic mass is 35.5. The number of carbonyl (C=O) groups excluding carboxylic acids is 1. The Morgan fingerprint density at radius 2 is 2.00 bits per heavy atom. The molecule has 1 amide bonds. The Balaban J connectivity index is 1.68. The summed E-state index contributed by atoms with van der Waals surface area (Å²) in [6.07, 6.45) is 0.800. The summed E-state index contributed by atoms with van der Waals surface area (Å²) < 4.78 is 13.1. The molecule has 2 aromatic heterocycles. The molecule has 31 heavy (non-hydrogen) atoms. The van der Waals surface area contributed by atoms with Gasteiger partial charge in [0.1, 0.15) is 10.8 Å². The van der Waals surface area contributed by atoms with Crippen LogP contribution in [0.2, 0.25) is 5.15 Å². The maximum atomic E-state index is 12.8. The summed E-state index contributed by atoms with van der Waals surface area (Å²) in [4.78, 5) is 33.4. The van der Waals surface area contributed by atoms with Crippen molar-refractivity contribution in [1.82, 2.24) is 19.4 Å². The van der Waals surface area contributed by atoms with Crippen LogP contribution >= 0.6 is 11.6 Å². The molecule has 1 saturated heterocycles. The zero-order chi connectivity index (χ0) is 22.3. The van der Waals surface area contributed by atoms with E-state index < -0.39 is 5.60 Å². The van der Waals surface area contributed by atoms with Crippen molar-refractivity contribution in [2.75, 3.05) is 13.2 Å². The number of aromatic nitrogens is 3. The van der Waals surface area contributed by atoms with Crippen molar-refractivity contribution in [3.8, 4) is 5.69 Å². The van der Waals surface area contributed by atoms with Crippen LogP contribution in [0.25, 0.3) is 16.7 Å². The van der Waals surface area contributed by atoms with E-state index in [1.165, 1.54) is 6.33 Å². The minimum absolute atomic E-state index is 0.191. The summed E-state index contributed by atoms with van der Waals surface area (Å²) in [6.45, 7) is 8.41. The number of benzene rings is 1. The van der Waals surface area contributed by atoms with Crippen molar-refractivity contribution in [1.29, 1.82) is 0 Å². The van der Waals surface area contributed by atoms with Gasteiger partial charge in [0.2, 0.25) is 0 Å². The van der Waals surface area contributed by atoms with Crippen LogP contribution in [0.15, 0.2) is 41.5 Å². The lowest BCUT2D eigenvalue weighted by Crippen LogP contribution is -2.48. The van der Waals surface area contributed by atoms with Gasteiger partial charge >= 0.3 is 6.09 Å². The lowest BCUT2D eigenvalue weighted by molar-refractivity contribution is -0.0698. The summed E-state index contributed by atoms with van der Waals surface area (Å²) >= 11 is 6.39. The second-order valence-corrected chi connectivity index (χ2v) is 8.94. The number of aromatic amines is 1. The first-order valence-electron chi connectivity index (χ1n) is 10.1. The van der Waals surface area contributed by atoms with E-state index in [1.807, 2.05) is 52.0 Å². The first-order valence-corrected chi connectivity index (χ1v) is 10.5. The highest BCUT2D eigenvalue weighted by Crippen LogP contribution is 2.32. The zero-order valence-corrected chi connectivity index (χ0v) is 18.6. The number of hydrogen-bond acceptors (Lipinski definition) is 5. The van der Waals surface area contributed by atoms with Crippen LogP contribution in [-0.4, -0.2) is 50.4 Å². The Morgan fingerprint density at radius 1 is 1.29 bits per heavy atom. The lowest BCUT2D eigenvalue weighted by Gasteiger charge is -2.40. The molecule has 0 spiro atoms. The largest absolute Gasteiger partial charge is 0.444 e. The Morgan fingerprint density at radius 3 is 2.68 bits per heavy atom. The third-order valence-corrected chi connectivity index (χ3v) is 5.45. The fourth-order valence-electron chi connectivity index (χ4n) is 3.86. The molecule has 1 aliphatic heterocycles. The van der Waals surface area contributed by atoms with E-state index in [0.29, 0.717) is 29.3 Å². The van der Waals surface area contributed by atoms with Gasteiger partial charge in [-0.1, -0.05) is 23.7 Å². The summed E-state index contributed by atoms with van der Waals surface area (Å²) in [5, 5.41) is 0.804. The molecule has 2 atom stereocenters. The molecule has 3 heterocycles. The number of ether oxygens (including phenoxy) is 2. The molecule has 164 valence electrons. The van der Waals surface area contributed by atoms with Gasteiger partial charge in [-0.2, -0.15) is 0 Å². The van der Waals surface area contributed by atoms with Crippen molar-refractivity contribution in [3.63, 3.8) is 0 Å². The van der Waals surface area contributed by atoms with Crippen molar-refractivity contribution < 1.29 is 14.3 Å². The third kappa shape index (κ3) is 4.18. The molecule has 0 radical (unpaired) electrons. The highest BCUT2D eigenvalue weighted by Gasteiger charge is 2.36. The molecular weight excluding hydrogens is 420 g/mol. The molecule has 0 aliphatic carbocycles. The maximum Gasteiger partial charge on any atom is 0.410 e. The number of carbonyl (C=O) groups is 1. The Labute approximate surface area is 184 Å². The molecular formula is C22H25ClN4O4. The summed E-state index contributed by atoms with van der Waals surface area (Å²) in [5.41, 5.74) is 1.33. The van der Waals surface area contributed by atoms with Gasteiger partial charge in [-0.25, -0.2) is 9.78 Å². The average Bonchev–Trinajstić information content (AvgIpc) is 3.04. The summed E-state index contributed by atoms with van der Waals surface area (Å²) in [5.74, 6) is 0. The van der Waals surface area contributed by atoms with E-state index in [2.05, 4.69) is 9.97 Å². The fraction of sp³-hybridized carbons (Fsp3) is 0.409. The van der Waals surface area contributed by atoms with Crippen LogP contribution in [0.3, 0.4) is 0 Å². The van der Waals surface area contributed by atoms with Gasteiger partial charge in [-0.05, 0) is 51.5 Å². The summed E-state index contributed by atoms with van der Waals surface area (Å²) in [7, 11) is 0. The lowest BCUT2D eigenvalue weighted by atomic mass is 9.99. The van der Waals surface area contributed by atoms with Gasteiger partial charge < -0.3 is 14.5 Å². The van der Waals surface area contributed by atoms with Crippen LogP contribution in [0, 0.1) is 0 Å². The van der Waals surface area contributed by atoms with E-state index in [1.54, 1.807) is 15.5 Å². The number of halogens is 1. The minimum atomic E-state index is -0.579. The van der Waals surface area contributed by atoms with Gasteiger partial charge in [0, 0.05) is 12.2 Å². The van der Waals surface area contributed by atoms with Crippen LogP contribution < -0.4 is 5.56 Å². The first kappa shape index (κ1) is 21.4. The molecule has 3 aromatic rings. The number of H-pyrrole nitrogens is 1. The molecule has 0 saturated carbocycles. The van der Waals surface area contributed by atoms with Gasteiger partial charge in [-0.3, -0.25) is 14.3 Å². The van der Waals surface area contributed by atoms with E-state index in [9.17, 15) is 9.59 Å². The van der Waals surface area contributed by atoms with Crippen LogP contribution in [0.1, 0.15) is 39.3 Å². The van der Waals surface area contributed by atoms with E-state index in [0.717, 1.165) is 11.3 Å². The average molecular weight is 445 g/mol. The SMILES string of the molecule is C[C@@H]1OCCN(C(=O)OC(C)(C)C)[C@H]1c1ccc(-n2c(Cl)cc3c(=O)[nH]cnc32)cc1. The number of morpholine rings is 1. The standard InChI is InChI=1S/C22H25ClN4O4/c1-13-18(26(9-10-30-13)21(29)31-22(2,3)4)14-5-7-15(8-6-14)27-17(23)11-16-19(27)24-12-25-20(16)28/h5-8,11-13,18H,9-10H2,1-4H3,(H,24,25,28)/t13-,18+/m0/s1. The molecule has 8 nitrogen and oxygen atoms in total. The molecule has 1 fully saturated rings. The zero-order valence-electron chi connectivity index (χ0n) is 17.9. The Hall–Kier alpha value is -2.84. The number of rotatable bonds is 2. The topological polar surface area (TPSA) is 89.5 Å². The van der Waals surface area contributed by atoms with E-state index in [4.69, 9.17) is 21.1 Å². The molecule has 4 rings (SSSR count). The smallest absolute Gasteiger partial charge is 0.410 e. The van der Waals surface area contributed by atoms with E-state index >= 15 is 0 Å². The molecule has 1 N–H and O–H groups in total. The number of hydrogen-bond donors (Lipinski definition) is 1. The van der Waals surface area contributed by atoms with Crippen LogP contribution in [0.5, 0.6) is 0 Å². The minimum Gasteiger partial charge on any atom is -0.444 e. The van der Waals surface area contributed by atoms with Crippen molar-refractivity contribution in [3.05, 3.63) is 57.7 Å². The number of nitrogens with one attached hydrogen (secondary N) is 1. The second-order valence-electron chi connectivity index (χ2n) is 8.56. The fourth-order valence-corrected chi connectivity index (χ4v) is 4.14. The highest BCUT2D eigenvalue weighted by molar-refractivity contribution is 6.31. The second kappa shape index (κ2) is 8.01. The molecule has 1 aliphatic rings. The van der Waals surface area contributed by atoms with Gasteiger partial charge in [-0.15, -0.1) is 0 Å². The predicted molar refractivity (Wildman–Crippen MR) is 118 cm³/mol. The molecule has 1 aromatic carbocycles. The van der Waals surface area contributed by atoms with Crippen molar-refractivity contribution in [2.45, 2.75) is 45.4 Å². The first-order chi connectivity index (χ1) is 14.7. The predicted octanol–water partition coefficient (Wildman–Crippen LogP) is 4.06. The van der Waals surface area contributed by atoms with Crippen molar-refractivity contribution in [2.24, 2.45) is 0 Å². The number of fused-ring (bicyclic) bond motifs is 1. The monoisotopic (exact) mass is 444 g/mol. The normalized spacial score (nSPS) is 19.6. The van der Waals surface area contributed by atoms with Gasteiger partial charge in [0.25, 0.3) is 5.56 Å². The van der Waals surface area contributed by atoms with Crippen LogP contribution in [0.4, 0.5) is 4.79 Å².